The van der Waals surface area contributed by atoms with Crippen LogP contribution in [0, 0.1) is 0 Å². The summed E-state index contributed by atoms with van der Waals surface area (Å²) >= 11 is 0. The van der Waals surface area contributed by atoms with Crippen molar-refractivity contribution in [1.29, 1.82) is 0 Å². The average molecular weight is 255 g/mol. The van der Waals surface area contributed by atoms with E-state index in [1.54, 1.807) is 0 Å². The number of methoxy groups -OCH3 is 1. The maximum absolute atomic E-state index is 11.5. The van der Waals surface area contributed by atoms with Crippen LogP contribution in [0.4, 0.5) is 5.82 Å². The predicted molar refractivity (Wildman–Crippen MR) is 68.4 cm³/mol. The van der Waals surface area contributed by atoms with E-state index in [2.05, 4.69) is 9.72 Å². The van der Waals surface area contributed by atoms with Gasteiger partial charge in [0.15, 0.2) is 5.69 Å². The van der Waals surface area contributed by atoms with Gasteiger partial charge in [0.1, 0.15) is 11.6 Å². The Morgan fingerprint density at radius 3 is 2.67 bits per heavy atom. The third-order valence-electron chi connectivity index (χ3n) is 2.67. The molecule has 0 saturated carbocycles. The summed E-state index contributed by atoms with van der Waals surface area (Å²) in [5.74, 6) is 0.592. The molecular weight excluding hydrogens is 234 g/mol. The molecule has 0 fully saturated rings. The maximum Gasteiger partial charge on any atom is 0.360 e. The minimum Gasteiger partial charge on any atom is -0.464 e. The number of carbonyl (C=O) groups excluding carboxylic acids is 1. The molecule has 2 N–H and O–H groups in total. The van der Waals surface area contributed by atoms with Crippen molar-refractivity contribution in [3.05, 3.63) is 11.5 Å². The Bertz CT molecular complexity index is 415. The van der Waals surface area contributed by atoms with E-state index in [4.69, 9.17) is 10.5 Å². The highest BCUT2D eigenvalue weighted by Crippen LogP contribution is 2.17. The summed E-state index contributed by atoms with van der Waals surface area (Å²) in [5, 5.41) is 0. The molecule has 6 heteroatoms. The Morgan fingerprint density at radius 1 is 1.50 bits per heavy atom. The summed E-state index contributed by atoms with van der Waals surface area (Å²) in [6, 6.07) is 0. The van der Waals surface area contributed by atoms with Crippen LogP contribution in [0.5, 0.6) is 0 Å². The van der Waals surface area contributed by atoms with E-state index in [-0.39, 0.29) is 11.8 Å². The van der Waals surface area contributed by atoms with Gasteiger partial charge in [-0.25, -0.2) is 9.78 Å². The molecule has 0 radical (unpaired) electrons. The zero-order chi connectivity index (χ0) is 13.7. The summed E-state index contributed by atoms with van der Waals surface area (Å²) < 4.78 is 11.9. The Kier molecular flexibility index (Phi) is 5.15. The lowest BCUT2D eigenvalue weighted by Gasteiger charge is -2.15. The molecular formula is C12H21N3O3. The fraction of sp³-hybridized carbons (Fsp3) is 0.667. The molecule has 1 unspecified atom stereocenters. The van der Waals surface area contributed by atoms with E-state index in [1.165, 1.54) is 7.11 Å². The smallest absolute Gasteiger partial charge is 0.360 e. The molecule has 0 aromatic carbocycles. The lowest BCUT2D eigenvalue weighted by atomic mass is 10.3. The largest absolute Gasteiger partial charge is 0.464 e. The highest BCUT2D eigenvalue weighted by atomic mass is 16.5. The Balaban J connectivity index is 3.02. The van der Waals surface area contributed by atoms with Gasteiger partial charge in [-0.05, 0) is 13.8 Å². The topological polar surface area (TPSA) is 79.4 Å². The van der Waals surface area contributed by atoms with Gasteiger partial charge in [-0.3, -0.25) is 0 Å². The van der Waals surface area contributed by atoms with Crippen molar-refractivity contribution in [1.82, 2.24) is 9.55 Å². The number of esters is 1. The van der Waals surface area contributed by atoms with Crippen LogP contribution in [0.25, 0.3) is 0 Å². The molecule has 102 valence electrons. The lowest BCUT2D eigenvalue weighted by Crippen LogP contribution is -2.19. The number of nitrogen functional groups attached to an aromatic ring is 1. The summed E-state index contributed by atoms with van der Waals surface area (Å²) in [7, 11) is 1.31. The van der Waals surface area contributed by atoms with Crippen LogP contribution >= 0.6 is 0 Å². The van der Waals surface area contributed by atoms with Crippen molar-refractivity contribution in [2.45, 2.75) is 39.8 Å². The summed E-state index contributed by atoms with van der Waals surface area (Å²) in [6.45, 7) is 7.08. The number of hydrogen-bond acceptors (Lipinski definition) is 5. The number of rotatable bonds is 6. The minimum atomic E-state index is -0.509. The number of nitrogens with two attached hydrogens (primary N) is 1. The molecule has 0 aliphatic heterocycles. The Hall–Kier alpha value is -1.56. The fourth-order valence-corrected chi connectivity index (χ4v) is 1.83. The summed E-state index contributed by atoms with van der Waals surface area (Å²) in [6.07, 6.45) is 0.710. The molecule has 1 heterocycles. The first-order valence-corrected chi connectivity index (χ1v) is 6.09. The Morgan fingerprint density at radius 2 is 2.17 bits per heavy atom. The lowest BCUT2D eigenvalue weighted by molar-refractivity contribution is 0.0592. The van der Waals surface area contributed by atoms with Gasteiger partial charge >= 0.3 is 5.97 Å². The van der Waals surface area contributed by atoms with Crippen molar-refractivity contribution in [3.8, 4) is 0 Å². The minimum absolute atomic E-state index is 0.0160. The third-order valence-corrected chi connectivity index (χ3v) is 2.67. The average Bonchev–Trinajstić information content (AvgIpc) is 2.66. The number of carbonyl (C=O) groups is 1. The Labute approximate surface area is 107 Å². The highest BCUT2D eigenvalue weighted by molar-refractivity contribution is 5.92. The standard InChI is InChI=1S/C12H21N3O3/c1-5-9-14-10(12(16)17-4)11(13)15(9)7-8(3)18-6-2/h8H,5-7,13H2,1-4H3. The van der Waals surface area contributed by atoms with E-state index < -0.39 is 5.97 Å². The summed E-state index contributed by atoms with van der Waals surface area (Å²) in [4.78, 5) is 15.7. The third kappa shape index (κ3) is 3.01. The number of nitrogens with zero attached hydrogens (tertiary/aromatic N) is 2. The van der Waals surface area contributed by atoms with Crippen LogP contribution in [0.15, 0.2) is 0 Å². The molecule has 1 aromatic rings. The van der Waals surface area contributed by atoms with Crippen molar-refractivity contribution in [2.24, 2.45) is 0 Å². The molecule has 1 rings (SSSR count). The number of imidazole rings is 1. The second kappa shape index (κ2) is 6.39. The molecule has 18 heavy (non-hydrogen) atoms. The van der Waals surface area contributed by atoms with Crippen LogP contribution < -0.4 is 5.73 Å². The number of aryl methyl sites for hydroxylation is 1. The maximum atomic E-state index is 11.5. The van der Waals surface area contributed by atoms with Crippen LogP contribution in [0.3, 0.4) is 0 Å². The van der Waals surface area contributed by atoms with Crippen LogP contribution in [0.1, 0.15) is 37.1 Å². The van der Waals surface area contributed by atoms with Crippen LogP contribution in [-0.4, -0.2) is 35.3 Å². The van der Waals surface area contributed by atoms with Gasteiger partial charge in [0.05, 0.1) is 19.8 Å². The van der Waals surface area contributed by atoms with E-state index in [1.807, 2.05) is 25.3 Å². The SMILES string of the molecule is CCOC(C)Cn1c(CC)nc(C(=O)OC)c1N. The molecule has 0 spiro atoms. The van der Waals surface area contributed by atoms with Crippen molar-refractivity contribution < 1.29 is 14.3 Å². The molecule has 0 bridgehead atoms. The van der Waals surface area contributed by atoms with Gasteiger partial charge in [-0.1, -0.05) is 6.92 Å². The van der Waals surface area contributed by atoms with Gasteiger partial charge < -0.3 is 19.8 Å². The number of anilines is 1. The van der Waals surface area contributed by atoms with Crippen molar-refractivity contribution in [3.63, 3.8) is 0 Å². The van der Waals surface area contributed by atoms with E-state index in [0.29, 0.717) is 25.4 Å². The molecule has 0 aliphatic rings. The van der Waals surface area contributed by atoms with Crippen LogP contribution in [-0.2, 0) is 22.4 Å². The molecule has 1 aromatic heterocycles. The first-order valence-electron chi connectivity index (χ1n) is 6.09. The molecule has 0 saturated heterocycles. The highest BCUT2D eigenvalue weighted by Gasteiger charge is 2.21. The molecule has 6 nitrogen and oxygen atoms in total. The summed E-state index contributed by atoms with van der Waals surface area (Å²) in [5.41, 5.74) is 6.12. The fourth-order valence-electron chi connectivity index (χ4n) is 1.83. The first-order chi connectivity index (χ1) is 8.54. The van der Waals surface area contributed by atoms with Gasteiger partial charge in [0, 0.05) is 13.0 Å². The zero-order valence-corrected chi connectivity index (χ0v) is 11.4. The number of aromatic nitrogens is 2. The van der Waals surface area contributed by atoms with Gasteiger partial charge in [-0.15, -0.1) is 0 Å². The van der Waals surface area contributed by atoms with Gasteiger partial charge in [0.25, 0.3) is 0 Å². The molecule has 0 aliphatic carbocycles. The van der Waals surface area contributed by atoms with Crippen molar-refractivity contribution >= 4 is 11.8 Å². The monoisotopic (exact) mass is 255 g/mol. The van der Waals surface area contributed by atoms with E-state index in [0.717, 1.165) is 5.82 Å². The normalized spacial score (nSPS) is 12.4. The second-order valence-corrected chi connectivity index (χ2v) is 3.98. The quantitative estimate of drug-likeness (QED) is 0.774. The van der Waals surface area contributed by atoms with E-state index in [9.17, 15) is 4.79 Å². The van der Waals surface area contributed by atoms with Crippen molar-refractivity contribution in [2.75, 3.05) is 19.5 Å². The zero-order valence-electron chi connectivity index (χ0n) is 11.4. The predicted octanol–water partition coefficient (Wildman–Crippen LogP) is 1.24. The van der Waals surface area contributed by atoms with E-state index >= 15 is 0 Å². The molecule has 1 atom stereocenters. The first kappa shape index (κ1) is 14.5. The molecule has 0 amide bonds. The number of ether oxygens (including phenoxy) is 2. The van der Waals surface area contributed by atoms with Crippen LogP contribution in [0.2, 0.25) is 0 Å². The van der Waals surface area contributed by atoms with Gasteiger partial charge in [0.2, 0.25) is 0 Å². The van der Waals surface area contributed by atoms with Gasteiger partial charge in [-0.2, -0.15) is 0 Å². The second-order valence-electron chi connectivity index (χ2n) is 3.98. The number of hydrogen-bond donors (Lipinski definition) is 1.